The Labute approximate surface area is 90.3 Å². The van der Waals surface area contributed by atoms with Crippen LogP contribution >= 0.6 is 15.9 Å². The fourth-order valence-corrected chi connectivity index (χ4v) is 2.30. The summed E-state index contributed by atoms with van der Waals surface area (Å²) in [5, 5.41) is 0. The van der Waals surface area contributed by atoms with Gasteiger partial charge >= 0.3 is 0 Å². The molecule has 3 rings (SSSR count). The van der Waals surface area contributed by atoms with E-state index in [-0.39, 0.29) is 0 Å². The third-order valence-corrected chi connectivity index (χ3v) is 3.09. The molecule has 0 N–H and O–H groups in total. The molecule has 2 aliphatic rings. The first kappa shape index (κ1) is 8.17. The standard InChI is InChI=1S/C10H8BrN3/c11-7-2-1-3-8-9(7)10-12-4-5-14(10)6-13-8/h1-3,6H,4-5H2. The number of rotatable bonds is 0. The molecule has 0 saturated heterocycles. The van der Waals surface area contributed by atoms with E-state index in [0.717, 1.165) is 34.6 Å². The number of hydrogen-bond donors (Lipinski definition) is 0. The normalized spacial score (nSPS) is 17.8. The van der Waals surface area contributed by atoms with Gasteiger partial charge in [0.25, 0.3) is 0 Å². The Bertz CT molecular complexity index is 451. The molecule has 0 saturated carbocycles. The number of halogens is 1. The van der Waals surface area contributed by atoms with E-state index in [1.165, 1.54) is 0 Å². The van der Waals surface area contributed by atoms with E-state index in [2.05, 4.69) is 30.8 Å². The number of aliphatic imine (C=N–C) groups is 2. The third kappa shape index (κ3) is 1.04. The van der Waals surface area contributed by atoms with Gasteiger partial charge in [-0.05, 0) is 28.1 Å². The third-order valence-electron chi connectivity index (χ3n) is 2.43. The lowest BCUT2D eigenvalue weighted by Gasteiger charge is -2.21. The van der Waals surface area contributed by atoms with Crippen LogP contribution in [0.1, 0.15) is 5.56 Å². The Morgan fingerprint density at radius 1 is 1.36 bits per heavy atom. The van der Waals surface area contributed by atoms with Gasteiger partial charge < -0.3 is 4.90 Å². The maximum Gasteiger partial charge on any atom is 0.139 e. The number of fused-ring (bicyclic) bond motifs is 3. The van der Waals surface area contributed by atoms with Crippen molar-refractivity contribution < 1.29 is 0 Å². The smallest absolute Gasteiger partial charge is 0.139 e. The molecule has 0 spiro atoms. The zero-order valence-corrected chi connectivity index (χ0v) is 9.03. The number of hydrogen-bond acceptors (Lipinski definition) is 3. The largest absolute Gasteiger partial charge is 0.315 e. The van der Waals surface area contributed by atoms with E-state index >= 15 is 0 Å². The van der Waals surface area contributed by atoms with Crippen LogP contribution in [0.2, 0.25) is 0 Å². The molecule has 70 valence electrons. The average molecular weight is 250 g/mol. The van der Waals surface area contributed by atoms with Crippen LogP contribution in [0.15, 0.2) is 32.7 Å². The van der Waals surface area contributed by atoms with Crippen molar-refractivity contribution >= 4 is 33.8 Å². The van der Waals surface area contributed by atoms with Gasteiger partial charge in [-0.15, -0.1) is 0 Å². The summed E-state index contributed by atoms with van der Waals surface area (Å²) in [6, 6.07) is 6.03. The van der Waals surface area contributed by atoms with Crippen molar-refractivity contribution in [2.45, 2.75) is 0 Å². The predicted molar refractivity (Wildman–Crippen MR) is 60.4 cm³/mol. The minimum Gasteiger partial charge on any atom is -0.315 e. The van der Waals surface area contributed by atoms with Gasteiger partial charge in [-0.2, -0.15) is 0 Å². The first-order chi connectivity index (χ1) is 6.86. The highest BCUT2D eigenvalue weighted by Gasteiger charge is 2.24. The Kier molecular flexibility index (Phi) is 1.70. The summed E-state index contributed by atoms with van der Waals surface area (Å²) in [6.45, 7) is 1.81. The second kappa shape index (κ2) is 2.92. The van der Waals surface area contributed by atoms with Crippen molar-refractivity contribution in [3.63, 3.8) is 0 Å². The SMILES string of the molecule is Brc1cccc2c1C1=NCCN1C=N2. The molecular formula is C10H8BrN3. The zero-order chi connectivity index (χ0) is 9.54. The molecule has 1 aromatic rings. The minimum absolute atomic E-state index is 0.863. The maximum atomic E-state index is 4.48. The fraction of sp³-hybridized carbons (Fsp3) is 0.200. The van der Waals surface area contributed by atoms with Crippen LogP contribution in [-0.2, 0) is 0 Å². The van der Waals surface area contributed by atoms with Crippen molar-refractivity contribution in [1.29, 1.82) is 0 Å². The summed E-state index contributed by atoms with van der Waals surface area (Å²) in [4.78, 5) is 11.0. The number of amidine groups is 1. The van der Waals surface area contributed by atoms with Crippen LogP contribution in [0, 0.1) is 0 Å². The quantitative estimate of drug-likeness (QED) is 0.693. The molecule has 2 aliphatic heterocycles. The fourth-order valence-electron chi connectivity index (χ4n) is 1.77. The first-order valence-corrected chi connectivity index (χ1v) is 5.30. The lowest BCUT2D eigenvalue weighted by Crippen LogP contribution is -2.29. The van der Waals surface area contributed by atoms with Crippen molar-refractivity contribution in [3.8, 4) is 0 Å². The number of nitrogens with zero attached hydrogens (tertiary/aromatic N) is 3. The van der Waals surface area contributed by atoms with E-state index in [4.69, 9.17) is 0 Å². The monoisotopic (exact) mass is 249 g/mol. The summed E-state index contributed by atoms with van der Waals surface area (Å²) in [6.07, 6.45) is 1.86. The van der Waals surface area contributed by atoms with E-state index in [1.54, 1.807) is 0 Å². The molecule has 0 atom stereocenters. The molecule has 3 nitrogen and oxygen atoms in total. The molecular weight excluding hydrogens is 242 g/mol. The number of benzene rings is 1. The molecule has 0 radical (unpaired) electrons. The van der Waals surface area contributed by atoms with Gasteiger partial charge in [0.15, 0.2) is 0 Å². The first-order valence-electron chi connectivity index (χ1n) is 4.50. The molecule has 0 aromatic heterocycles. The second-order valence-corrected chi connectivity index (χ2v) is 4.13. The van der Waals surface area contributed by atoms with Crippen LogP contribution in [0.25, 0.3) is 0 Å². The van der Waals surface area contributed by atoms with Crippen molar-refractivity contribution in [3.05, 3.63) is 28.2 Å². The second-order valence-electron chi connectivity index (χ2n) is 3.28. The molecule has 0 fully saturated rings. The van der Waals surface area contributed by atoms with Gasteiger partial charge in [0.05, 0.1) is 24.1 Å². The van der Waals surface area contributed by atoms with E-state index in [0.29, 0.717) is 0 Å². The van der Waals surface area contributed by atoms with E-state index in [1.807, 2.05) is 24.5 Å². The van der Waals surface area contributed by atoms with Gasteiger partial charge in [-0.25, -0.2) is 4.99 Å². The van der Waals surface area contributed by atoms with Crippen molar-refractivity contribution in [2.24, 2.45) is 9.98 Å². The van der Waals surface area contributed by atoms with Gasteiger partial charge in [-0.3, -0.25) is 4.99 Å². The summed E-state index contributed by atoms with van der Waals surface area (Å²) >= 11 is 3.54. The Morgan fingerprint density at radius 2 is 2.29 bits per heavy atom. The van der Waals surface area contributed by atoms with Crippen molar-refractivity contribution in [1.82, 2.24) is 4.90 Å². The summed E-state index contributed by atoms with van der Waals surface area (Å²) < 4.78 is 1.07. The van der Waals surface area contributed by atoms with Crippen LogP contribution in [0.3, 0.4) is 0 Å². The minimum atomic E-state index is 0.863. The van der Waals surface area contributed by atoms with Crippen LogP contribution in [-0.4, -0.2) is 30.2 Å². The van der Waals surface area contributed by atoms with E-state index < -0.39 is 0 Å². The van der Waals surface area contributed by atoms with Crippen LogP contribution < -0.4 is 0 Å². The predicted octanol–water partition coefficient (Wildman–Crippen LogP) is 2.18. The molecule has 1 aromatic carbocycles. The van der Waals surface area contributed by atoms with Gasteiger partial charge in [0.2, 0.25) is 0 Å². The van der Waals surface area contributed by atoms with Crippen molar-refractivity contribution in [2.75, 3.05) is 13.1 Å². The highest BCUT2D eigenvalue weighted by Crippen LogP contribution is 2.32. The van der Waals surface area contributed by atoms with Crippen LogP contribution in [0.5, 0.6) is 0 Å². The van der Waals surface area contributed by atoms with Gasteiger partial charge in [0.1, 0.15) is 5.84 Å². The topological polar surface area (TPSA) is 28.0 Å². The lowest BCUT2D eigenvalue weighted by molar-refractivity contribution is 0.680. The van der Waals surface area contributed by atoms with Crippen LogP contribution in [0.4, 0.5) is 5.69 Å². The molecule has 0 amide bonds. The molecule has 2 heterocycles. The Morgan fingerprint density at radius 3 is 3.21 bits per heavy atom. The highest BCUT2D eigenvalue weighted by atomic mass is 79.9. The Hall–Kier alpha value is -1.16. The summed E-state index contributed by atoms with van der Waals surface area (Å²) in [5.41, 5.74) is 2.11. The zero-order valence-electron chi connectivity index (χ0n) is 7.44. The molecule has 0 unspecified atom stereocenters. The average Bonchev–Trinajstić information content (AvgIpc) is 2.65. The Balaban J connectivity index is 2.27. The summed E-state index contributed by atoms with van der Waals surface area (Å²) in [7, 11) is 0. The van der Waals surface area contributed by atoms with Gasteiger partial charge in [-0.1, -0.05) is 6.07 Å². The molecule has 14 heavy (non-hydrogen) atoms. The molecule has 0 aliphatic carbocycles. The summed E-state index contributed by atoms with van der Waals surface area (Å²) in [5.74, 6) is 1.04. The lowest BCUT2D eigenvalue weighted by atomic mass is 10.1. The molecule has 0 bridgehead atoms. The highest BCUT2D eigenvalue weighted by molar-refractivity contribution is 9.10. The molecule has 4 heteroatoms. The maximum absolute atomic E-state index is 4.48. The van der Waals surface area contributed by atoms with E-state index in [9.17, 15) is 0 Å². The van der Waals surface area contributed by atoms with Gasteiger partial charge in [0, 0.05) is 11.0 Å².